The zero-order chi connectivity index (χ0) is 31.3. The first-order valence-corrected chi connectivity index (χ1v) is 16.6. The molecule has 0 aromatic heterocycles. The van der Waals surface area contributed by atoms with Gasteiger partial charge in [-0.15, -0.1) is 0 Å². The standard InChI is InChI=1S/C20H37NO17S3/c1-5-12-10(3)15(21-39(24,25)26)20(36-14(12)9-34-40(27,28)29)37-17-11(4)16(38-41(30,31)32)13(7-8-33-6-2)35-18(17)19(22)23/h10-18,20-21H,5-9H2,1-4H3,(H,22,23)(H,24,25,26)(H,27,28,29)(H,30,31,32)/p-4/t10-,11+,12+,13+,14?,15?,16?,17-,18?,20+/m1/s1. The summed E-state index contributed by atoms with van der Waals surface area (Å²) >= 11 is 0. The van der Waals surface area contributed by atoms with Crippen LogP contribution in [-0.4, -0.2) is 108 Å². The molecule has 0 amide bonds. The minimum Gasteiger partial charge on any atom is -0.735 e. The molecule has 2 aliphatic heterocycles. The first kappa shape index (κ1) is 36.1. The number of ether oxygens (including phenoxy) is 4. The summed E-state index contributed by atoms with van der Waals surface area (Å²) in [5, 5.41) is 12.1. The van der Waals surface area contributed by atoms with Crippen molar-refractivity contribution in [3.63, 3.8) is 0 Å². The van der Waals surface area contributed by atoms with E-state index in [0.717, 1.165) is 0 Å². The van der Waals surface area contributed by atoms with Gasteiger partial charge in [-0.1, -0.05) is 27.2 Å². The van der Waals surface area contributed by atoms with Crippen LogP contribution in [0.3, 0.4) is 0 Å². The van der Waals surface area contributed by atoms with Crippen LogP contribution in [0.4, 0.5) is 0 Å². The maximum absolute atomic E-state index is 12.1. The fourth-order valence-corrected chi connectivity index (χ4v) is 6.68. The number of carboxylic acid groups (broad SMARTS) is 1. The van der Waals surface area contributed by atoms with Gasteiger partial charge in [-0.2, -0.15) is 0 Å². The van der Waals surface area contributed by atoms with E-state index in [-0.39, 0.29) is 26.1 Å². The Labute approximate surface area is 238 Å². The Bertz CT molecular complexity index is 1190. The number of carboxylic acids is 1. The molecular formula is C20H33NO17S3-4. The van der Waals surface area contributed by atoms with Gasteiger partial charge in [0.15, 0.2) is 16.6 Å². The number of carbonyl (C=O) groups excluding carboxylic acids is 1. The molecule has 242 valence electrons. The third kappa shape index (κ3) is 10.9. The van der Waals surface area contributed by atoms with E-state index in [1.54, 1.807) is 18.6 Å². The predicted molar refractivity (Wildman–Crippen MR) is 127 cm³/mol. The molecule has 2 heterocycles. The maximum atomic E-state index is 12.1. The number of nitrogens with one attached hydrogen (secondary N) is 1. The molecule has 21 heteroatoms. The van der Waals surface area contributed by atoms with Crippen molar-refractivity contribution in [2.24, 2.45) is 17.8 Å². The molecule has 0 aromatic carbocycles. The van der Waals surface area contributed by atoms with Gasteiger partial charge in [0.05, 0.1) is 36.9 Å². The van der Waals surface area contributed by atoms with Gasteiger partial charge in [-0.05, 0) is 25.2 Å². The van der Waals surface area contributed by atoms with E-state index in [0.29, 0.717) is 0 Å². The van der Waals surface area contributed by atoms with Gasteiger partial charge in [-0.25, -0.2) is 30.0 Å². The average Bonchev–Trinajstić information content (AvgIpc) is 2.81. The minimum atomic E-state index is -5.36. The van der Waals surface area contributed by atoms with Gasteiger partial charge < -0.3 is 42.5 Å². The van der Waals surface area contributed by atoms with Crippen LogP contribution in [0.2, 0.25) is 0 Å². The van der Waals surface area contributed by atoms with Crippen molar-refractivity contribution in [1.82, 2.24) is 4.72 Å². The van der Waals surface area contributed by atoms with Crippen molar-refractivity contribution in [2.75, 3.05) is 19.8 Å². The predicted octanol–water partition coefficient (Wildman–Crippen LogP) is -2.92. The van der Waals surface area contributed by atoms with E-state index in [4.69, 9.17) is 18.9 Å². The SMILES string of the molecule is CCOCC[C@@H]1OC(C(=O)[O-])[C@H](O[C@@H]2OC(COS(=O)(=O)[O-])[C@@H](CC)[C@@H](C)C2NS(=O)(=O)[O-])[C@@H](C)C1OS(=O)(=O)[O-]. The first-order valence-electron chi connectivity index (χ1n) is 12.5. The second-order valence-electron chi connectivity index (χ2n) is 9.59. The molecule has 0 aromatic rings. The van der Waals surface area contributed by atoms with E-state index in [2.05, 4.69) is 8.37 Å². The Morgan fingerprint density at radius 2 is 1.54 bits per heavy atom. The quantitative estimate of drug-likeness (QED) is 0.105. The number of hydrogen-bond donors (Lipinski definition) is 1. The summed E-state index contributed by atoms with van der Waals surface area (Å²) in [5.74, 6) is -4.65. The summed E-state index contributed by atoms with van der Waals surface area (Å²) in [4.78, 5) is 12.1. The number of hydrogen-bond acceptors (Lipinski definition) is 17. The van der Waals surface area contributed by atoms with Gasteiger partial charge in [-0.3, -0.25) is 8.37 Å². The summed E-state index contributed by atoms with van der Waals surface area (Å²) in [6.45, 7) is 5.43. The zero-order valence-electron chi connectivity index (χ0n) is 22.5. The van der Waals surface area contributed by atoms with Crippen molar-refractivity contribution >= 4 is 37.1 Å². The molecule has 2 rings (SSSR count). The molecule has 4 unspecified atom stereocenters. The lowest BCUT2D eigenvalue weighted by Gasteiger charge is -2.50. The topological polar surface area (TPSA) is 279 Å². The highest BCUT2D eigenvalue weighted by atomic mass is 32.3. The van der Waals surface area contributed by atoms with Crippen LogP contribution in [0, 0.1) is 17.8 Å². The van der Waals surface area contributed by atoms with E-state index >= 15 is 0 Å². The average molecular weight is 656 g/mol. The van der Waals surface area contributed by atoms with E-state index in [1.165, 1.54) is 13.8 Å². The van der Waals surface area contributed by atoms with Crippen LogP contribution in [0.25, 0.3) is 0 Å². The zero-order valence-corrected chi connectivity index (χ0v) is 24.9. The summed E-state index contributed by atoms with van der Waals surface area (Å²) < 4.78 is 136. The fourth-order valence-electron chi connectivity index (χ4n) is 5.15. The van der Waals surface area contributed by atoms with Gasteiger partial charge in [0.1, 0.15) is 12.2 Å². The first-order chi connectivity index (χ1) is 18.8. The van der Waals surface area contributed by atoms with Gasteiger partial charge in [0.2, 0.25) is 20.8 Å². The van der Waals surface area contributed by atoms with Crippen LogP contribution >= 0.6 is 0 Å². The van der Waals surface area contributed by atoms with Crippen LogP contribution in [-0.2, 0) is 63.2 Å². The molecule has 10 atom stereocenters. The minimum absolute atomic E-state index is 0.0305. The van der Waals surface area contributed by atoms with Gasteiger partial charge in [0, 0.05) is 19.1 Å². The summed E-state index contributed by atoms with van der Waals surface area (Å²) in [7, 11) is -15.7. The van der Waals surface area contributed by atoms with E-state index in [9.17, 15) is 48.8 Å². The lowest BCUT2D eigenvalue weighted by atomic mass is 9.79. The summed E-state index contributed by atoms with van der Waals surface area (Å²) in [5.41, 5.74) is 0. The Hall–Kier alpha value is -1.08. The highest BCUT2D eigenvalue weighted by molar-refractivity contribution is 7.83. The Morgan fingerprint density at radius 1 is 0.902 bits per heavy atom. The molecule has 0 radical (unpaired) electrons. The fraction of sp³-hybridized carbons (Fsp3) is 0.950. The van der Waals surface area contributed by atoms with Crippen molar-refractivity contribution in [3.05, 3.63) is 0 Å². The van der Waals surface area contributed by atoms with E-state index in [1.807, 2.05) is 0 Å². The van der Waals surface area contributed by atoms with Gasteiger partial charge >= 0.3 is 0 Å². The number of aliphatic carboxylic acids is 1. The van der Waals surface area contributed by atoms with E-state index < -0.39 is 104 Å². The second kappa shape index (κ2) is 14.6. The highest BCUT2D eigenvalue weighted by Gasteiger charge is 2.51. The molecule has 0 spiro atoms. The monoisotopic (exact) mass is 655 g/mol. The molecule has 1 N–H and O–H groups in total. The van der Waals surface area contributed by atoms with Crippen LogP contribution in [0.5, 0.6) is 0 Å². The number of rotatable bonds is 15. The smallest absolute Gasteiger partial charge is 0.218 e. The molecule has 41 heavy (non-hydrogen) atoms. The third-order valence-corrected chi connectivity index (χ3v) is 8.42. The molecular weight excluding hydrogens is 622 g/mol. The normalized spacial score (nSPS) is 35.3. The van der Waals surface area contributed by atoms with Crippen molar-refractivity contribution in [3.8, 4) is 0 Å². The molecule has 2 aliphatic rings. The highest BCUT2D eigenvalue weighted by Crippen LogP contribution is 2.38. The molecule has 0 aliphatic carbocycles. The van der Waals surface area contributed by atoms with Gasteiger partial charge in [0.25, 0.3) is 0 Å². The summed E-state index contributed by atoms with van der Waals surface area (Å²) in [6.07, 6.45) is -9.54. The Morgan fingerprint density at radius 3 is 2.02 bits per heavy atom. The Balaban J connectivity index is 2.49. The molecule has 2 saturated heterocycles. The van der Waals surface area contributed by atoms with Crippen molar-refractivity contribution in [2.45, 2.75) is 83.4 Å². The summed E-state index contributed by atoms with van der Waals surface area (Å²) in [6, 6.07) is -1.49. The van der Waals surface area contributed by atoms with Crippen molar-refractivity contribution < 1.29 is 76.1 Å². The van der Waals surface area contributed by atoms with Crippen molar-refractivity contribution in [1.29, 1.82) is 0 Å². The van der Waals surface area contributed by atoms with Crippen LogP contribution in [0.1, 0.15) is 40.5 Å². The third-order valence-electron chi connectivity index (χ3n) is 6.98. The molecule has 0 saturated carbocycles. The van der Waals surface area contributed by atoms with Crippen LogP contribution < -0.4 is 9.83 Å². The van der Waals surface area contributed by atoms with Crippen LogP contribution in [0.15, 0.2) is 0 Å². The maximum Gasteiger partial charge on any atom is 0.218 e. The lowest BCUT2D eigenvalue weighted by molar-refractivity contribution is -0.343. The Kier molecular flexibility index (Phi) is 12.9. The molecule has 2 fully saturated rings. The molecule has 0 bridgehead atoms. The molecule has 18 nitrogen and oxygen atoms in total. The second-order valence-corrected chi connectivity index (χ2v) is 12.8. The largest absolute Gasteiger partial charge is 0.735 e. The lowest BCUT2D eigenvalue weighted by Crippen LogP contribution is -2.65. The number of carbonyl (C=O) groups is 1.